The van der Waals surface area contributed by atoms with Crippen LogP contribution in [0.5, 0.6) is 0 Å². The van der Waals surface area contributed by atoms with Crippen molar-refractivity contribution < 1.29 is 4.52 Å². The molecule has 2 aromatic rings. The Morgan fingerprint density at radius 1 is 1.54 bits per heavy atom. The van der Waals surface area contributed by atoms with E-state index in [-0.39, 0.29) is 5.56 Å². The molecule has 0 saturated heterocycles. The van der Waals surface area contributed by atoms with Crippen molar-refractivity contribution in [2.75, 3.05) is 6.26 Å². The summed E-state index contributed by atoms with van der Waals surface area (Å²) in [6.45, 7) is 0. The van der Waals surface area contributed by atoms with Crippen molar-refractivity contribution in [3.63, 3.8) is 0 Å². The molecule has 0 saturated carbocycles. The molecule has 0 atom stereocenters. The zero-order valence-electron chi connectivity index (χ0n) is 7.02. The second-order valence-corrected chi connectivity index (χ2v) is 3.29. The van der Waals surface area contributed by atoms with Gasteiger partial charge in [0.05, 0.1) is 0 Å². The first-order valence-electron chi connectivity index (χ1n) is 3.76. The van der Waals surface area contributed by atoms with E-state index in [1.54, 1.807) is 16.8 Å². The first-order valence-corrected chi connectivity index (χ1v) is 4.99. The molecule has 66 valence electrons. The summed E-state index contributed by atoms with van der Waals surface area (Å²) in [7, 11) is 0. The van der Waals surface area contributed by atoms with E-state index in [4.69, 9.17) is 0 Å². The van der Waals surface area contributed by atoms with Gasteiger partial charge in [-0.05, 0) is 16.8 Å². The molecule has 1 N–H and O–H groups in total. The maximum Gasteiger partial charge on any atom is 0.325 e. The third-order valence-corrected chi connectivity index (χ3v) is 2.25. The number of nitrogens with one attached hydrogen (secondary N) is 1. The minimum Gasteiger partial charge on any atom is -0.291 e. The number of fused-ring (bicyclic) bond motifs is 1. The Labute approximate surface area is 78.6 Å². The van der Waals surface area contributed by atoms with Crippen LogP contribution in [0.1, 0.15) is 0 Å². The third kappa shape index (κ3) is 1.42. The van der Waals surface area contributed by atoms with E-state index in [1.165, 1.54) is 11.8 Å². The average Bonchev–Trinajstić information content (AvgIpc) is 2.18. The molecule has 0 spiro atoms. The molecule has 5 heteroatoms. The van der Waals surface area contributed by atoms with Gasteiger partial charge in [0.25, 0.3) is 0 Å². The summed E-state index contributed by atoms with van der Waals surface area (Å²) in [5.41, 5.74) is 0.445. The molecule has 2 heterocycles. The Morgan fingerprint density at radius 2 is 2.38 bits per heavy atom. The van der Waals surface area contributed by atoms with Crippen LogP contribution in [-0.2, 0) is 0 Å². The number of hydrogen-bond donors (Lipinski definition) is 1. The van der Waals surface area contributed by atoms with Gasteiger partial charge in [0.1, 0.15) is 0 Å². The summed E-state index contributed by atoms with van der Waals surface area (Å²) in [4.78, 5) is 14.1. The summed E-state index contributed by atoms with van der Waals surface area (Å²) in [6.07, 6.45) is 3.62. The number of nitrogens with zero attached hydrogens (tertiary/aromatic N) is 2. The van der Waals surface area contributed by atoms with Crippen molar-refractivity contribution in [1.29, 1.82) is 0 Å². The first kappa shape index (κ1) is 8.25. The maximum atomic E-state index is 11.4. The predicted molar refractivity (Wildman–Crippen MR) is 49.8 cm³/mol. The molecular formula is C8H8N3OS+. The predicted octanol–water partition coefficient (Wildman–Crippen LogP) is 0.230. The van der Waals surface area contributed by atoms with Crippen LogP contribution in [-0.4, -0.2) is 16.3 Å². The Balaban J connectivity index is 2.85. The molecule has 0 amide bonds. The maximum absolute atomic E-state index is 11.4. The lowest BCUT2D eigenvalue weighted by Gasteiger charge is -1.90. The van der Waals surface area contributed by atoms with Gasteiger partial charge in [0.15, 0.2) is 0 Å². The van der Waals surface area contributed by atoms with Crippen molar-refractivity contribution in [2.45, 2.75) is 5.16 Å². The van der Waals surface area contributed by atoms with E-state index < -0.39 is 0 Å². The van der Waals surface area contributed by atoms with Crippen molar-refractivity contribution in [3.05, 3.63) is 34.7 Å². The van der Waals surface area contributed by atoms with E-state index in [9.17, 15) is 4.79 Å². The van der Waals surface area contributed by atoms with Gasteiger partial charge in [-0.25, -0.2) is 0 Å². The Hall–Kier alpha value is -1.36. The van der Waals surface area contributed by atoms with E-state index in [0.717, 1.165) is 0 Å². The number of thioether (sulfide) groups is 1. The first-order chi connectivity index (χ1) is 6.31. The van der Waals surface area contributed by atoms with Gasteiger partial charge in [-0.1, -0.05) is 11.8 Å². The van der Waals surface area contributed by atoms with Crippen LogP contribution in [0.25, 0.3) is 5.52 Å². The highest BCUT2D eigenvalue weighted by molar-refractivity contribution is 7.98. The van der Waals surface area contributed by atoms with Gasteiger partial charge in [-0.2, -0.15) is 0 Å². The van der Waals surface area contributed by atoms with Gasteiger partial charge in [0.2, 0.25) is 11.4 Å². The van der Waals surface area contributed by atoms with Crippen LogP contribution in [0.15, 0.2) is 34.3 Å². The third-order valence-electron chi connectivity index (χ3n) is 1.68. The minimum absolute atomic E-state index is 0.111. The Bertz CT molecular complexity index is 494. The fourth-order valence-corrected chi connectivity index (χ4v) is 1.44. The molecule has 0 bridgehead atoms. The SMILES string of the molecule is CSc1n[n+]2ccccc2c(=O)[nH]1. The molecule has 0 aliphatic rings. The topological polar surface area (TPSA) is 49.9 Å². The molecule has 0 radical (unpaired) electrons. The number of H-pyrrole nitrogens is 1. The summed E-state index contributed by atoms with van der Waals surface area (Å²) in [6, 6.07) is 5.38. The molecule has 0 unspecified atom stereocenters. The van der Waals surface area contributed by atoms with E-state index in [0.29, 0.717) is 10.7 Å². The highest BCUT2D eigenvalue weighted by Gasteiger charge is 2.09. The van der Waals surface area contributed by atoms with Crippen LogP contribution in [0.4, 0.5) is 0 Å². The normalized spacial score (nSPS) is 10.5. The van der Waals surface area contributed by atoms with Crippen LogP contribution < -0.4 is 10.1 Å². The molecule has 0 aliphatic heterocycles. The second-order valence-electron chi connectivity index (χ2n) is 2.49. The number of aromatic amines is 1. The van der Waals surface area contributed by atoms with Gasteiger partial charge >= 0.3 is 11.1 Å². The average molecular weight is 194 g/mol. The van der Waals surface area contributed by atoms with Crippen molar-refractivity contribution >= 4 is 17.3 Å². The van der Waals surface area contributed by atoms with Crippen LogP contribution in [0.3, 0.4) is 0 Å². The molecule has 4 nitrogen and oxygen atoms in total. The molecule has 2 aromatic heterocycles. The molecule has 0 aliphatic carbocycles. The summed E-state index contributed by atoms with van der Waals surface area (Å²) >= 11 is 1.41. The van der Waals surface area contributed by atoms with Gasteiger partial charge < -0.3 is 0 Å². The monoisotopic (exact) mass is 194 g/mol. The number of aromatic nitrogens is 3. The lowest BCUT2D eigenvalue weighted by molar-refractivity contribution is -0.586. The van der Waals surface area contributed by atoms with Gasteiger partial charge in [-0.15, -0.1) is 0 Å². The van der Waals surface area contributed by atoms with E-state index >= 15 is 0 Å². The summed E-state index contributed by atoms with van der Waals surface area (Å²) < 4.78 is 1.57. The molecule has 0 fully saturated rings. The fourth-order valence-electron chi connectivity index (χ4n) is 1.08. The van der Waals surface area contributed by atoms with E-state index in [2.05, 4.69) is 10.1 Å². The summed E-state index contributed by atoms with van der Waals surface area (Å²) in [5, 5.41) is 4.80. The van der Waals surface area contributed by atoms with E-state index in [1.807, 2.05) is 18.4 Å². The summed E-state index contributed by atoms with van der Waals surface area (Å²) in [5.74, 6) is 0. The van der Waals surface area contributed by atoms with Gasteiger partial charge in [-0.3, -0.25) is 9.78 Å². The fraction of sp³-hybridized carbons (Fsp3) is 0.125. The Morgan fingerprint density at radius 3 is 3.15 bits per heavy atom. The molecular weight excluding hydrogens is 186 g/mol. The van der Waals surface area contributed by atoms with Crippen molar-refractivity contribution in [2.24, 2.45) is 0 Å². The van der Waals surface area contributed by atoms with Crippen molar-refractivity contribution in [1.82, 2.24) is 10.1 Å². The zero-order valence-corrected chi connectivity index (χ0v) is 7.84. The standard InChI is InChI=1S/C8H7N3OS/c1-13-8-9-7(12)6-4-2-3-5-11(6)10-8/h2-5H,1H3/p+1. The quantitative estimate of drug-likeness (QED) is 0.522. The Kier molecular flexibility index (Phi) is 2.02. The highest BCUT2D eigenvalue weighted by Crippen LogP contribution is 2.01. The minimum atomic E-state index is -0.111. The number of rotatable bonds is 1. The highest BCUT2D eigenvalue weighted by atomic mass is 32.2. The van der Waals surface area contributed by atoms with Crippen LogP contribution in [0.2, 0.25) is 0 Å². The smallest absolute Gasteiger partial charge is 0.291 e. The number of pyridine rings is 1. The molecule has 13 heavy (non-hydrogen) atoms. The zero-order chi connectivity index (χ0) is 9.26. The lowest BCUT2D eigenvalue weighted by atomic mass is 10.4. The molecule has 2 rings (SSSR count). The largest absolute Gasteiger partial charge is 0.325 e. The van der Waals surface area contributed by atoms with Gasteiger partial charge in [0, 0.05) is 17.2 Å². The van der Waals surface area contributed by atoms with Crippen LogP contribution in [0, 0.1) is 0 Å². The van der Waals surface area contributed by atoms with Crippen LogP contribution >= 0.6 is 11.8 Å². The van der Waals surface area contributed by atoms with Crippen molar-refractivity contribution in [3.8, 4) is 0 Å². The molecule has 0 aromatic carbocycles. The second kappa shape index (κ2) is 3.18. The lowest BCUT2D eigenvalue weighted by Crippen LogP contribution is -2.34. The number of hydrogen-bond acceptors (Lipinski definition) is 3.